The van der Waals surface area contributed by atoms with Gasteiger partial charge in [0, 0.05) is 24.8 Å². The summed E-state index contributed by atoms with van der Waals surface area (Å²) in [7, 11) is 0. The summed E-state index contributed by atoms with van der Waals surface area (Å²) in [6.07, 6.45) is 5.02. The molecule has 1 aliphatic rings. The number of aromatic nitrogens is 1. The molecule has 1 aromatic rings. The molecule has 0 N–H and O–H groups in total. The van der Waals surface area contributed by atoms with Crippen LogP contribution >= 0.6 is 0 Å². The van der Waals surface area contributed by atoms with Gasteiger partial charge < -0.3 is 9.47 Å². The van der Waals surface area contributed by atoms with Crippen LogP contribution in [0.5, 0.6) is 0 Å². The first-order chi connectivity index (χ1) is 8.58. The van der Waals surface area contributed by atoms with Gasteiger partial charge in [-0.05, 0) is 44.7 Å². The van der Waals surface area contributed by atoms with Crippen molar-refractivity contribution in [2.75, 3.05) is 6.54 Å². The standard InChI is InChI=1S/C14H20N2O2/c1-11-6-8-15(13(17)9-11)10-14(18)16-7-4-3-5-12(16)2/h6,8-9,12H,3-5,7,10H2,1-2H3/t12-/m0/s1. The SMILES string of the molecule is Cc1ccn(CC(=O)N2CCCC[C@@H]2C)c(=O)c1. The Morgan fingerprint density at radius 1 is 1.44 bits per heavy atom. The summed E-state index contributed by atoms with van der Waals surface area (Å²) in [5, 5.41) is 0. The second-order valence-corrected chi connectivity index (χ2v) is 5.10. The molecule has 98 valence electrons. The molecule has 0 unspecified atom stereocenters. The number of amides is 1. The number of carbonyl (C=O) groups excluding carboxylic acids is 1. The van der Waals surface area contributed by atoms with E-state index in [9.17, 15) is 9.59 Å². The molecular weight excluding hydrogens is 228 g/mol. The van der Waals surface area contributed by atoms with Gasteiger partial charge in [0.05, 0.1) is 0 Å². The van der Waals surface area contributed by atoms with Crippen LogP contribution in [0.2, 0.25) is 0 Å². The minimum Gasteiger partial charge on any atom is -0.338 e. The van der Waals surface area contributed by atoms with E-state index in [4.69, 9.17) is 0 Å². The Kier molecular flexibility index (Phi) is 3.84. The summed E-state index contributed by atoms with van der Waals surface area (Å²) in [6.45, 7) is 4.93. The van der Waals surface area contributed by atoms with Gasteiger partial charge in [-0.2, -0.15) is 0 Å². The fourth-order valence-electron chi connectivity index (χ4n) is 2.44. The lowest BCUT2D eigenvalue weighted by Crippen LogP contribution is -2.44. The van der Waals surface area contributed by atoms with Crippen LogP contribution in [0.4, 0.5) is 0 Å². The van der Waals surface area contributed by atoms with Crippen molar-refractivity contribution in [1.82, 2.24) is 9.47 Å². The first kappa shape index (κ1) is 12.9. The molecule has 1 atom stereocenters. The largest absolute Gasteiger partial charge is 0.338 e. The second kappa shape index (κ2) is 5.38. The van der Waals surface area contributed by atoms with Crippen molar-refractivity contribution < 1.29 is 4.79 Å². The van der Waals surface area contributed by atoms with E-state index in [-0.39, 0.29) is 18.0 Å². The van der Waals surface area contributed by atoms with Gasteiger partial charge >= 0.3 is 0 Å². The van der Waals surface area contributed by atoms with Crippen LogP contribution in [0.3, 0.4) is 0 Å². The van der Waals surface area contributed by atoms with E-state index in [1.807, 2.05) is 17.9 Å². The average molecular weight is 248 g/mol. The van der Waals surface area contributed by atoms with Crippen LogP contribution in [-0.2, 0) is 11.3 Å². The van der Waals surface area contributed by atoms with Crippen molar-refractivity contribution in [3.05, 3.63) is 34.2 Å². The van der Waals surface area contributed by atoms with Crippen LogP contribution in [0, 0.1) is 6.92 Å². The minimum atomic E-state index is -0.104. The summed E-state index contributed by atoms with van der Waals surface area (Å²) < 4.78 is 1.48. The zero-order valence-electron chi connectivity index (χ0n) is 11.1. The van der Waals surface area contributed by atoms with Crippen LogP contribution < -0.4 is 5.56 Å². The number of piperidine rings is 1. The predicted octanol–water partition coefficient (Wildman–Crippen LogP) is 1.56. The van der Waals surface area contributed by atoms with Crippen molar-refractivity contribution in [3.8, 4) is 0 Å². The Labute approximate surface area is 107 Å². The summed E-state index contributed by atoms with van der Waals surface area (Å²) in [5.74, 6) is 0.0492. The average Bonchev–Trinajstić information content (AvgIpc) is 2.33. The summed E-state index contributed by atoms with van der Waals surface area (Å²) >= 11 is 0. The maximum Gasteiger partial charge on any atom is 0.251 e. The molecule has 0 radical (unpaired) electrons. The summed E-state index contributed by atoms with van der Waals surface area (Å²) in [5.41, 5.74) is 0.822. The lowest BCUT2D eigenvalue weighted by Gasteiger charge is -2.33. The van der Waals surface area contributed by atoms with E-state index in [1.54, 1.807) is 12.3 Å². The minimum absolute atomic E-state index is 0.0492. The highest BCUT2D eigenvalue weighted by atomic mass is 16.2. The molecule has 1 aliphatic heterocycles. The lowest BCUT2D eigenvalue weighted by molar-refractivity contribution is -0.135. The number of aryl methyl sites for hydroxylation is 1. The fraction of sp³-hybridized carbons (Fsp3) is 0.571. The number of nitrogens with zero attached hydrogens (tertiary/aromatic N) is 2. The topological polar surface area (TPSA) is 42.3 Å². The molecule has 0 spiro atoms. The van der Waals surface area contributed by atoms with Gasteiger partial charge in [-0.1, -0.05) is 0 Å². The van der Waals surface area contributed by atoms with Gasteiger partial charge in [-0.3, -0.25) is 9.59 Å². The highest BCUT2D eigenvalue weighted by molar-refractivity contribution is 5.76. The molecule has 1 amide bonds. The van der Waals surface area contributed by atoms with Crippen LogP contribution in [-0.4, -0.2) is 28.0 Å². The lowest BCUT2D eigenvalue weighted by atomic mass is 10.0. The number of pyridine rings is 1. The van der Waals surface area contributed by atoms with Gasteiger partial charge in [-0.15, -0.1) is 0 Å². The molecule has 1 saturated heterocycles. The Morgan fingerprint density at radius 2 is 2.22 bits per heavy atom. The van der Waals surface area contributed by atoms with E-state index in [0.717, 1.165) is 24.9 Å². The van der Waals surface area contributed by atoms with E-state index >= 15 is 0 Å². The predicted molar refractivity (Wildman–Crippen MR) is 70.5 cm³/mol. The van der Waals surface area contributed by atoms with E-state index < -0.39 is 0 Å². The molecule has 0 saturated carbocycles. The summed E-state index contributed by atoms with van der Waals surface area (Å²) in [4.78, 5) is 25.8. The Bertz CT molecular complexity index is 493. The normalized spacial score (nSPS) is 19.9. The molecule has 2 heterocycles. The Morgan fingerprint density at radius 3 is 2.89 bits per heavy atom. The van der Waals surface area contributed by atoms with Gasteiger partial charge in [0.15, 0.2) is 0 Å². The van der Waals surface area contributed by atoms with Crippen molar-refractivity contribution in [1.29, 1.82) is 0 Å². The quantitative estimate of drug-likeness (QED) is 0.797. The van der Waals surface area contributed by atoms with Crippen molar-refractivity contribution in [2.24, 2.45) is 0 Å². The smallest absolute Gasteiger partial charge is 0.251 e. The van der Waals surface area contributed by atoms with Crippen LogP contribution in [0.25, 0.3) is 0 Å². The molecule has 4 heteroatoms. The fourth-order valence-corrected chi connectivity index (χ4v) is 2.44. The third-order valence-corrected chi connectivity index (χ3v) is 3.58. The van der Waals surface area contributed by atoms with Gasteiger partial charge in [0.25, 0.3) is 5.56 Å². The maximum atomic E-state index is 12.2. The highest BCUT2D eigenvalue weighted by Gasteiger charge is 2.23. The van der Waals surface area contributed by atoms with Gasteiger partial charge in [0.2, 0.25) is 5.91 Å². The first-order valence-corrected chi connectivity index (χ1v) is 6.54. The number of hydrogen-bond donors (Lipinski definition) is 0. The Hall–Kier alpha value is -1.58. The molecule has 2 rings (SSSR count). The van der Waals surface area contributed by atoms with Crippen LogP contribution in [0.15, 0.2) is 23.1 Å². The zero-order valence-corrected chi connectivity index (χ0v) is 11.1. The third-order valence-electron chi connectivity index (χ3n) is 3.58. The monoisotopic (exact) mass is 248 g/mol. The van der Waals surface area contributed by atoms with E-state index in [2.05, 4.69) is 6.92 Å². The zero-order chi connectivity index (χ0) is 13.1. The summed E-state index contributed by atoms with van der Waals surface area (Å²) in [6, 6.07) is 3.72. The first-order valence-electron chi connectivity index (χ1n) is 6.54. The molecule has 1 fully saturated rings. The van der Waals surface area contributed by atoms with Crippen LogP contribution in [0.1, 0.15) is 31.7 Å². The number of hydrogen-bond acceptors (Lipinski definition) is 2. The molecular formula is C14H20N2O2. The molecule has 1 aromatic heterocycles. The highest BCUT2D eigenvalue weighted by Crippen LogP contribution is 2.16. The van der Waals surface area contributed by atoms with Gasteiger partial charge in [-0.25, -0.2) is 0 Å². The van der Waals surface area contributed by atoms with E-state index in [1.165, 1.54) is 11.0 Å². The molecule has 18 heavy (non-hydrogen) atoms. The third kappa shape index (κ3) is 2.81. The molecule has 4 nitrogen and oxygen atoms in total. The molecule has 0 aliphatic carbocycles. The van der Waals surface area contributed by atoms with Crippen molar-refractivity contribution in [3.63, 3.8) is 0 Å². The molecule has 0 aromatic carbocycles. The second-order valence-electron chi connectivity index (χ2n) is 5.10. The maximum absolute atomic E-state index is 12.2. The van der Waals surface area contributed by atoms with Gasteiger partial charge in [0.1, 0.15) is 6.54 Å². The molecule has 0 bridgehead atoms. The number of likely N-dealkylation sites (tertiary alicyclic amines) is 1. The Balaban J connectivity index is 2.08. The van der Waals surface area contributed by atoms with Crippen molar-refractivity contribution in [2.45, 2.75) is 45.7 Å². The number of carbonyl (C=O) groups is 1. The van der Waals surface area contributed by atoms with E-state index in [0.29, 0.717) is 6.04 Å². The van der Waals surface area contributed by atoms with Crippen molar-refractivity contribution >= 4 is 5.91 Å². The number of rotatable bonds is 2.